The SMILES string of the molecule is COC(=O)[C@H](Cc1ccc(N=C(c2ccccc2)c2ccccc2)cn1)NC(=O)OC(C)(C)C. The van der Waals surface area contributed by atoms with Gasteiger partial charge in [-0.1, -0.05) is 60.7 Å². The summed E-state index contributed by atoms with van der Waals surface area (Å²) in [5.41, 5.74) is 3.40. The third-order valence-corrected chi connectivity index (χ3v) is 4.73. The molecule has 3 aromatic rings. The van der Waals surface area contributed by atoms with E-state index in [0.29, 0.717) is 11.4 Å². The van der Waals surface area contributed by atoms with Crippen molar-refractivity contribution in [3.05, 3.63) is 95.8 Å². The number of aromatic nitrogens is 1. The first-order valence-electron chi connectivity index (χ1n) is 11.0. The number of benzene rings is 2. The molecule has 7 nitrogen and oxygen atoms in total. The Bertz CT molecular complexity index is 1080. The van der Waals surface area contributed by atoms with Gasteiger partial charge in [-0.05, 0) is 32.9 Å². The number of pyridine rings is 1. The zero-order valence-electron chi connectivity index (χ0n) is 19.8. The number of nitrogens with zero attached hydrogens (tertiary/aromatic N) is 2. The number of aliphatic imine (C=N–C) groups is 1. The van der Waals surface area contributed by atoms with Crippen LogP contribution in [0, 0.1) is 0 Å². The number of rotatable bonds is 7. The molecule has 1 atom stereocenters. The van der Waals surface area contributed by atoms with E-state index in [2.05, 4.69) is 10.3 Å². The van der Waals surface area contributed by atoms with E-state index in [1.165, 1.54) is 7.11 Å². The number of amides is 1. The van der Waals surface area contributed by atoms with Crippen molar-refractivity contribution in [2.45, 2.75) is 38.8 Å². The Morgan fingerprint density at radius 1 is 0.941 bits per heavy atom. The summed E-state index contributed by atoms with van der Waals surface area (Å²) in [5.74, 6) is -0.579. The second kappa shape index (κ2) is 11.2. The van der Waals surface area contributed by atoms with E-state index in [0.717, 1.165) is 16.8 Å². The maximum atomic E-state index is 12.2. The number of alkyl carbamates (subject to hydrolysis) is 1. The normalized spacial score (nSPS) is 11.8. The van der Waals surface area contributed by atoms with E-state index in [9.17, 15) is 9.59 Å². The highest BCUT2D eigenvalue weighted by atomic mass is 16.6. The maximum Gasteiger partial charge on any atom is 0.408 e. The van der Waals surface area contributed by atoms with Gasteiger partial charge in [-0.15, -0.1) is 0 Å². The molecule has 0 saturated carbocycles. The Kier molecular flexibility index (Phi) is 8.14. The summed E-state index contributed by atoms with van der Waals surface area (Å²) in [6, 6.07) is 22.5. The quantitative estimate of drug-likeness (QED) is 0.403. The molecule has 1 heterocycles. The highest BCUT2D eigenvalue weighted by Crippen LogP contribution is 2.18. The maximum absolute atomic E-state index is 12.2. The Morgan fingerprint density at radius 2 is 1.53 bits per heavy atom. The molecule has 1 N–H and O–H groups in total. The summed E-state index contributed by atoms with van der Waals surface area (Å²) in [6.07, 6.45) is 1.10. The predicted octanol–water partition coefficient (Wildman–Crippen LogP) is 4.86. The number of nitrogens with one attached hydrogen (secondary N) is 1. The predicted molar refractivity (Wildman–Crippen MR) is 131 cm³/mol. The molecule has 0 fully saturated rings. The zero-order chi connectivity index (χ0) is 24.6. The molecule has 0 radical (unpaired) electrons. The van der Waals surface area contributed by atoms with Crippen molar-refractivity contribution in [3.63, 3.8) is 0 Å². The fourth-order valence-corrected chi connectivity index (χ4v) is 3.21. The van der Waals surface area contributed by atoms with Crippen molar-refractivity contribution in [3.8, 4) is 0 Å². The van der Waals surface area contributed by atoms with Crippen molar-refractivity contribution < 1.29 is 19.1 Å². The van der Waals surface area contributed by atoms with Gasteiger partial charge in [-0.3, -0.25) is 4.98 Å². The highest BCUT2D eigenvalue weighted by molar-refractivity contribution is 6.13. The lowest BCUT2D eigenvalue weighted by atomic mass is 10.0. The first kappa shape index (κ1) is 24.6. The van der Waals surface area contributed by atoms with Gasteiger partial charge in [-0.2, -0.15) is 0 Å². The van der Waals surface area contributed by atoms with Crippen molar-refractivity contribution in [2.24, 2.45) is 4.99 Å². The minimum Gasteiger partial charge on any atom is -0.467 e. The Balaban J connectivity index is 1.81. The van der Waals surface area contributed by atoms with Crippen LogP contribution in [-0.2, 0) is 20.7 Å². The van der Waals surface area contributed by atoms with Gasteiger partial charge in [0.2, 0.25) is 0 Å². The van der Waals surface area contributed by atoms with Crippen LogP contribution >= 0.6 is 0 Å². The van der Waals surface area contributed by atoms with E-state index < -0.39 is 23.7 Å². The first-order chi connectivity index (χ1) is 16.2. The summed E-state index contributed by atoms with van der Waals surface area (Å²) in [4.78, 5) is 33.6. The van der Waals surface area contributed by atoms with Gasteiger partial charge < -0.3 is 14.8 Å². The third-order valence-electron chi connectivity index (χ3n) is 4.73. The summed E-state index contributed by atoms with van der Waals surface area (Å²) in [6.45, 7) is 5.25. The Hall–Kier alpha value is -4.00. The smallest absolute Gasteiger partial charge is 0.408 e. The van der Waals surface area contributed by atoms with Crippen LogP contribution in [0.4, 0.5) is 10.5 Å². The van der Waals surface area contributed by atoms with Crippen molar-refractivity contribution in [2.75, 3.05) is 7.11 Å². The Morgan fingerprint density at radius 3 is 2.00 bits per heavy atom. The van der Waals surface area contributed by atoms with Crippen LogP contribution in [0.15, 0.2) is 84.0 Å². The average molecular weight is 460 g/mol. The zero-order valence-corrected chi connectivity index (χ0v) is 19.8. The summed E-state index contributed by atoms with van der Waals surface area (Å²) < 4.78 is 10.1. The first-order valence-corrected chi connectivity index (χ1v) is 11.0. The van der Waals surface area contributed by atoms with Gasteiger partial charge in [0, 0.05) is 23.2 Å². The lowest BCUT2D eigenvalue weighted by Crippen LogP contribution is -2.45. The lowest BCUT2D eigenvalue weighted by Gasteiger charge is -2.22. The van der Waals surface area contributed by atoms with E-state index in [1.807, 2.05) is 66.7 Å². The molecule has 176 valence electrons. The van der Waals surface area contributed by atoms with Crippen LogP contribution in [0.1, 0.15) is 37.6 Å². The van der Waals surface area contributed by atoms with Gasteiger partial charge in [0.15, 0.2) is 0 Å². The molecule has 0 spiro atoms. The highest BCUT2D eigenvalue weighted by Gasteiger charge is 2.25. The number of hydrogen-bond acceptors (Lipinski definition) is 6. The Labute approximate surface area is 199 Å². The molecular formula is C27H29N3O4. The van der Waals surface area contributed by atoms with Crippen LogP contribution < -0.4 is 5.32 Å². The van der Waals surface area contributed by atoms with Gasteiger partial charge >= 0.3 is 12.1 Å². The number of carbonyl (C=O) groups is 2. The fourth-order valence-electron chi connectivity index (χ4n) is 3.21. The van der Waals surface area contributed by atoms with Crippen LogP contribution in [0.5, 0.6) is 0 Å². The molecule has 7 heteroatoms. The molecular weight excluding hydrogens is 430 g/mol. The van der Waals surface area contributed by atoms with Crippen molar-refractivity contribution >= 4 is 23.5 Å². The van der Waals surface area contributed by atoms with Crippen LogP contribution in [0.25, 0.3) is 0 Å². The fraction of sp³-hybridized carbons (Fsp3) is 0.259. The summed E-state index contributed by atoms with van der Waals surface area (Å²) in [5, 5.41) is 2.56. The van der Waals surface area contributed by atoms with Crippen LogP contribution in [0.2, 0.25) is 0 Å². The standard InChI is InChI=1S/C27H29N3O4/c1-27(2,3)34-26(32)30-23(25(31)33-4)17-21-15-16-22(18-28-21)29-24(19-11-7-5-8-12-19)20-13-9-6-10-14-20/h5-16,18,23H,17H2,1-4H3,(H,30,32)/t23-/m0/s1. The number of methoxy groups -OCH3 is 1. The van der Waals surface area contributed by atoms with Gasteiger partial charge in [0.1, 0.15) is 11.6 Å². The molecule has 1 aromatic heterocycles. The number of carbonyl (C=O) groups excluding carboxylic acids is 2. The monoisotopic (exact) mass is 459 g/mol. The van der Waals surface area contributed by atoms with Crippen LogP contribution in [0.3, 0.4) is 0 Å². The number of hydrogen-bond donors (Lipinski definition) is 1. The molecule has 2 aromatic carbocycles. The average Bonchev–Trinajstić information content (AvgIpc) is 2.82. The van der Waals surface area contributed by atoms with E-state index in [1.54, 1.807) is 33.0 Å². The van der Waals surface area contributed by atoms with Crippen molar-refractivity contribution in [1.82, 2.24) is 10.3 Å². The molecule has 0 bridgehead atoms. The van der Waals surface area contributed by atoms with Gasteiger partial charge in [0.25, 0.3) is 0 Å². The molecule has 1 amide bonds. The van der Waals surface area contributed by atoms with Gasteiger partial charge in [0.05, 0.1) is 24.7 Å². The molecule has 0 unspecified atom stereocenters. The molecule has 3 rings (SSSR count). The second-order valence-electron chi connectivity index (χ2n) is 8.63. The molecule has 34 heavy (non-hydrogen) atoms. The van der Waals surface area contributed by atoms with E-state index in [4.69, 9.17) is 14.5 Å². The molecule has 0 saturated heterocycles. The molecule has 0 aliphatic carbocycles. The van der Waals surface area contributed by atoms with Crippen LogP contribution in [-0.4, -0.2) is 41.5 Å². The van der Waals surface area contributed by atoms with E-state index >= 15 is 0 Å². The van der Waals surface area contributed by atoms with E-state index in [-0.39, 0.29) is 6.42 Å². The minimum absolute atomic E-state index is 0.153. The summed E-state index contributed by atoms with van der Waals surface area (Å²) >= 11 is 0. The minimum atomic E-state index is -0.925. The largest absolute Gasteiger partial charge is 0.467 e. The third kappa shape index (κ3) is 7.27. The summed E-state index contributed by atoms with van der Waals surface area (Å²) in [7, 11) is 1.27. The second-order valence-corrected chi connectivity index (χ2v) is 8.63. The topological polar surface area (TPSA) is 89.9 Å². The number of ether oxygens (including phenoxy) is 2. The molecule has 0 aliphatic heterocycles. The molecule has 0 aliphatic rings. The lowest BCUT2D eigenvalue weighted by molar-refractivity contribution is -0.143. The van der Waals surface area contributed by atoms with Gasteiger partial charge in [-0.25, -0.2) is 14.6 Å². The number of esters is 1. The van der Waals surface area contributed by atoms with Crippen molar-refractivity contribution in [1.29, 1.82) is 0 Å².